The molecule has 0 aromatic carbocycles. The molecule has 0 amide bonds. The maximum absolute atomic E-state index is 11.3. The summed E-state index contributed by atoms with van der Waals surface area (Å²) in [5.41, 5.74) is 0.0449. The van der Waals surface area contributed by atoms with Crippen molar-refractivity contribution in [3.63, 3.8) is 0 Å². The molecule has 0 saturated heterocycles. The van der Waals surface area contributed by atoms with E-state index in [2.05, 4.69) is 26.1 Å². The van der Waals surface area contributed by atoms with Crippen LogP contribution in [0.1, 0.15) is 12.6 Å². The number of hydrogen-bond donors (Lipinski definition) is 1. The Morgan fingerprint density at radius 2 is 2.47 bits per heavy atom. The van der Waals surface area contributed by atoms with Crippen molar-refractivity contribution in [2.45, 2.75) is 6.92 Å². The highest BCUT2D eigenvalue weighted by molar-refractivity contribution is 9.10. The van der Waals surface area contributed by atoms with Crippen LogP contribution in [0.5, 0.6) is 0 Å². The van der Waals surface area contributed by atoms with Crippen LogP contribution in [0.3, 0.4) is 0 Å². The van der Waals surface area contributed by atoms with Crippen LogP contribution in [0.15, 0.2) is 28.0 Å². The fraction of sp³-hybridized carbons (Fsp3) is 0.222. The molecule has 0 atom stereocenters. The molecule has 0 unspecified atom stereocenters. The summed E-state index contributed by atoms with van der Waals surface area (Å²) in [6, 6.07) is 3.26. The number of esters is 1. The molecule has 5 nitrogen and oxygen atoms in total. The quantitative estimate of drug-likeness (QED) is 0.393. The first-order valence-corrected chi connectivity index (χ1v) is 4.99. The van der Waals surface area contributed by atoms with Crippen molar-refractivity contribution in [1.29, 1.82) is 0 Å². The summed E-state index contributed by atoms with van der Waals surface area (Å²) in [7, 11) is 0. The van der Waals surface area contributed by atoms with Gasteiger partial charge in [-0.25, -0.2) is 4.79 Å². The van der Waals surface area contributed by atoms with Crippen molar-refractivity contribution in [2.75, 3.05) is 6.61 Å². The average Bonchev–Trinajstić information content (AvgIpc) is 2.19. The second kappa shape index (κ2) is 5.45. The molecule has 1 N–H and O–H groups in total. The van der Waals surface area contributed by atoms with Gasteiger partial charge >= 0.3 is 5.97 Å². The van der Waals surface area contributed by atoms with Gasteiger partial charge in [-0.1, -0.05) is 21.1 Å². The third-order valence-electron chi connectivity index (χ3n) is 1.53. The summed E-state index contributed by atoms with van der Waals surface area (Å²) < 4.78 is 5.44. The Labute approximate surface area is 94.9 Å². The van der Waals surface area contributed by atoms with Crippen LogP contribution in [-0.2, 0) is 9.53 Å². The van der Waals surface area contributed by atoms with Crippen molar-refractivity contribution in [3.05, 3.63) is 28.5 Å². The number of carbonyl (C=O) groups is 1. The Balaban J connectivity index is 2.99. The largest absolute Gasteiger partial charge is 0.461 e. The van der Waals surface area contributed by atoms with E-state index in [1.54, 1.807) is 19.1 Å². The number of halogens is 1. The molecule has 0 radical (unpaired) electrons. The van der Waals surface area contributed by atoms with Gasteiger partial charge in [-0.3, -0.25) is 4.98 Å². The first-order valence-electron chi connectivity index (χ1n) is 4.20. The molecular formula is C9H9BrN2O3. The lowest BCUT2D eigenvalue weighted by Crippen LogP contribution is -2.19. The lowest BCUT2D eigenvalue weighted by molar-refractivity contribution is -0.135. The van der Waals surface area contributed by atoms with Crippen molar-refractivity contribution in [2.24, 2.45) is 5.16 Å². The smallest absolute Gasteiger partial charge is 0.362 e. The molecule has 6 heteroatoms. The summed E-state index contributed by atoms with van der Waals surface area (Å²) in [4.78, 5) is 15.2. The Bertz CT molecular complexity index is 393. The summed E-state index contributed by atoms with van der Waals surface area (Å²) in [6.45, 7) is 1.88. The minimum Gasteiger partial charge on any atom is -0.461 e. The molecule has 1 aromatic heterocycles. The van der Waals surface area contributed by atoms with E-state index >= 15 is 0 Å². The number of nitrogens with zero attached hydrogens (tertiary/aromatic N) is 2. The molecule has 0 aliphatic heterocycles. The number of pyridine rings is 1. The predicted molar refractivity (Wildman–Crippen MR) is 56.9 cm³/mol. The van der Waals surface area contributed by atoms with Gasteiger partial charge in [0.2, 0.25) is 5.71 Å². The average molecular weight is 273 g/mol. The van der Waals surface area contributed by atoms with Gasteiger partial charge in [-0.2, -0.15) is 0 Å². The molecule has 0 spiro atoms. The van der Waals surface area contributed by atoms with Crippen LogP contribution in [0.2, 0.25) is 0 Å². The van der Waals surface area contributed by atoms with Gasteiger partial charge < -0.3 is 9.94 Å². The van der Waals surface area contributed by atoms with Gasteiger partial charge in [0.25, 0.3) is 0 Å². The molecule has 0 aliphatic rings. The molecular weight excluding hydrogens is 264 g/mol. The molecule has 0 aliphatic carbocycles. The number of rotatable bonds is 3. The van der Waals surface area contributed by atoms with Crippen LogP contribution < -0.4 is 0 Å². The van der Waals surface area contributed by atoms with Gasteiger partial charge in [-0.05, 0) is 19.1 Å². The van der Waals surface area contributed by atoms with E-state index in [1.807, 2.05) is 0 Å². The lowest BCUT2D eigenvalue weighted by atomic mass is 10.2. The second-order valence-corrected chi connectivity index (χ2v) is 3.44. The highest BCUT2D eigenvalue weighted by Gasteiger charge is 2.17. The number of carbonyl (C=O) groups excluding carboxylic acids is 1. The number of ether oxygens (including phenoxy) is 1. The van der Waals surface area contributed by atoms with Crippen LogP contribution >= 0.6 is 15.9 Å². The number of aromatic nitrogens is 1. The Hall–Kier alpha value is -1.43. The van der Waals surface area contributed by atoms with E-state index in [-0.39, 0.29) is 18.0 Å². The Morgan fingerprint density at radius 3 is 3.00 bits per heavy atom. The maximum atomic E-state index is 11.3. The first kappa shape index (κ1) is 11.6. The minimum atomic E-state index is -0.703. The van der Waals surface area contributed by atoms with Crippen LogP contribution in [0, 0.1) is 0 Å². The molecule has 0 bridgehead atoms. The minimum absolute atomic E-state index is 0.210. The maximum Gasteiger partial charge on any atom is 0.362 e. The van der Waals surface area contributed by atoms with E-state index in [0.717, 1.165) is 4.47 Å². The fourth-order valence-electron chi connectivity index (χ4n) is 0.930. The molecule has 0 saturated carbocycles. The molecule has 0 fully saturated rings. The van der Waals surface area contributed by atoms with Crippen LogP contribution in [0.25, 0.3) is 0 Å². The van der Waals surface area contributed by atoms with E-state index < -0.39 is 5.97 Å². The SMILES string of the molecule is CCOC(=O)/C(=N\O)c1cc(Br)ccn1. The van der Waals surface area contributed by atoms with Crippen LogP contribution in [0.4, 0.5) is 0 Å². The monoisotopic (exact) mass is 272 g/mol. The predicted octanol–water partition coefficient (Wildman–Crippen LogP) is 1.59. The summed E-state index contributed by atoms with van der Waals surface area (Å²) in [5, 5.41) is 11.6. The zero-order chi connectivity index (χ0) is 11.3. The number of hydrogen-bond acceptors (Lipinski definition) is 5. The highest BCUT2D eigenvalue weighted by Crippen LogP contribution is 2.10. The Morgan fingerprint density at radius 1 is 1.73 bits per heavy atom. The van der Waals surface area contributed by atoms with Crippen molar-refractivity contribution in [1.82, 2.24) is 4.98 Å². The molecule has 1 heterocycles. The van der Waals surface area contributed by atoms with E-state index in [9.17, 15) is 4.79 Å². The van der Waals surface area contributed by atoms with Gasteiger partial charge in [0.1, 0.15) is 5.69 Å². The van der Waals surface area contributed by atoms with Crippen molar-refractivity contribution in [3.8, 4) is 0 Å². The van der Waals surface area contributed by atoms with Gasteiger partial charge in [-0.15, -0.1) is 0 Å². The van der Waals surface area contributed by atoms with Gasteiger partial charge in [0, 0.05) is 10.7 Å². The normalized spacial score (nSPS) is 11.2. The standard InChI is InChI=1S/C9H9BrN2O3/c1-2-15-9(13)8(12-14)7-5-6(10)3-4-11-7/h3-5,14H,2H2,1H3/b12-8-. The van der Waals surface area contributed by atoms with Crippen molar-refractivity contribution < 1.29 is 14.7 Å². The fourth-order valence-corrected chi connectivity index (χ4v) is 1.27. The van der Waals surface area contributed by atoms with Gasteiger partial charge in [0.05, 0.1) is 6.61 Å². The van der Waals surface area contributed by atoms with Gasteiger partial charge in [0.15, 0.2) is 0 Å². The zero-order valence-corrected chi connectivity index (χ0v) is 9.56. The van der Waals surface area contributed by atoms with E-state index in [4.69, 9.17) is 9.94 Å². The zero-order valence-electron chi connectivity index (χ0n) is 7.98. The van der Waals surface area contributed by atoms with E-state index in [0.29, 0.717) is 0 Å². The third-order valence-corrected chi connectivity index (χ3v) is 2.03. The topological polar surface area (TPSA) is 71.8 Å². The number of oxime groups is 1. The molecule has 1 rings (SSSR count). The van der Waals surface area contributed by atoms with Crippen molar-refractivity contribution >= 4 is 27.6 Å². The second-order valence-electron chi connectivity index (χ2n) is 2.53. The summed E-state index contributed by atoms with van der Waals surface area (Å²) in [5.74, 6) is -0.703. The summed E-state index contributed by atoms with van der Waals surface area (Å²) in [6.07, 6.45) is 1.49. The molecule has 80 valence electrons. The first-order chi connectivity index (χ1) is 7.19. The lowest BCUT2D eigenvalue weighted by Gasteiger charge is -2.03. The Kier molecular flexibility index (Phi) is 4.23. The molecule has 1 aromatic rings. The van der Waals surface area contributed by atoms with Crippen LogP contribution in [-0.4, -0.2) is 28.5 Å². The highest BCUT2D eigenvalue weighted by atomic mass is 79.9. The van der Waals surface area contributed by atoms with E-state index in [1.165, 1.54) is 6.20 Å². The molecule has 15 heavy (non-hydrogen) atoms. The summed E-state index contributed by atoms with van der Waals surface area (Å²) >= 11 is 3.22. The third kappa shape index (κ3) is 3.02.